The van der Waals surface area contributed by atoms with Crippen LogP contribution in [0.2, 0.25) is 0 Å². The second kappa shape index (κ2) is 5.01. The molecule has 1 amide bonds. The van der Waals surface area contributed by atoms with Gasteiger partial charge in [-0.25, -0.2) is 9.97 Å². The Balaban J connectivity index is 2.17. The second-order valence-electron chi connectivity index (χ2n) is 3.17. The maximum absolute atomic E-state index is 12.8. The van der Waals surface area contributed by atoms with Gasteiger partial charge in [-0.1, -0.05) is 6.07 Å². The molecule has 0 aromatic carbocycles. The van der Waals surface area contributed by atoms with Gasteiger partial charge >= 0.3 is 0 Å². The van der Waals surface area contributed by atoms with Gasteiger partial charge in [0.2, 0.25) is 5.95 Å². The third-order valence-electron chi connectivity index (χ3n) is 1.95. The molecule has 0 aliphatic carbocycles. The Labute approximate surface area is 105 Å². The Morgan fingerprint density at radius 2 is 2.18 bits per heavy atom. The molecule has 0 aliphatic rings. The lowest BCUT2D eigenvalue weighted by molar-refractivity contribution is 0.102. The number of hydrogen-bond acceptors (Lipinski definition) is 3. The predicted octanol–water partition coefficient (Wildman–Crippen LogP) is 2.63. The Morgan fingerprint density at radius 3 is 2.88 bits per heavy atom. The summed E-state index contributed by atoms with van der Waals surface area (Å²) in [6.45, 7) is 0. The number of nitrogens with one attached hydrogen (secondary N) is 1. The molecule has 0 spiro atoms. The maximum atomic E-state index is 12.8. The van der Waals surface area contributed by atoms with E-state index < -0.39 is 5.95 Å². The first-order chi connectivity index (χ1) is 8.15. The fourth-order valence-electron chi connectivity index (χ4n) is 1.21. The van der Waals surface area contributed by atoms with Crippen LogP contribution >= 0.6 is 15.9 Å². The van der Waals surface area contributed by atoms with Crippen molar-refractivity contribution >= 4 is 27.7 Å². The van der Waals surface area contributed by atoms with Crippen molar-refractivity contribution in [2.45, 2.75) is 0 Å². The minimum atomic E-state index is -0.640. The van der Waals surface area contributed by atoms with Gasteiger partial charge in [0.05, 0.1) is 0 Å². The summed E-state index contributed by atoms with van der Waals surface area (Å²) >= 11 is 3.16. The Bertz CT molecular complexity index is 562. The van der Waals surface area contributed by atoms with E-state index >= 15 is 0 Å². The van der Waals surface area contributed by atoms with Crippen molar-refractivity contribution in [2.75, 3.05) is 5.32 Å². The molecule has 2 heterocycles. The van der Waals surface area contributed by atoms with E-state index in [1.54, 1.807) is 12.1 Å². The van der Waals surface area contributed by atoms with E-state index in [-0.39, 0.29) is 11.7 Å². The number of hydrogen-bond donors (Lipinski definition) is 1. The summed E-state index contributed by atoms with van der Waals surface area (Å²) in [5.74, 6) is -0.840. The van der Waals surface area contributed by atoms with Crippen molar-refractivity contribution in [3.05, 3.63) is 52.6 Å². The normalized spacial score (nSPS) is 10.0. The fraction of sp³-hybridized carbons (Fsp3) is 0. The van der Waals surface area contributed by atoms with Crippen LogP contribution in [0.15, 0.2) is 41.1 Å². The highest BCUT2D eigenvalue weighted by atomic mass is 79.9. The number of aromatic nitrogens is 2. The zero-order valence-electron chi connectivity index (χ0n) is 8.52. The number of amides is 1. The summed E-state index contributed by atoms with van der Waals surface area (Å²) in [7, 11) is 0. The highest BCUT2D eigenvalue weighted by Crippen LogP contribution is 2.10. The van der Waals surface area contributed by atoms with E-state index in [0.717, 1.165) is 0 Å². The van der Waals surface area contributed by atoms with Crippen molar-refractivity contribution in [3.63, 3.8) is 0 Å². The van der Waals surface area contributed by atoms with Gasteiger partial charge in [0.25, 0.3) is 5.91 Å². The number of halogens is 2. The molecule has 0 saturated heterocycles. The Hall–Kier alpha value is -1.82. The summed E-state index contributed by atoms with van der Waals surface area (Å²) in [6.07, 6.45) is 1.50. The van der Waals surface area contributed by atoms with Crippen LogP contribution in [0.5, 0.6) is 0 Å². The molecule has 2 rings (SSSR count). The summed E-state index contributed by atoms with van der Waals surface area (Å²) in [6, 6.07) is 7.31. The SMILES string of the molecule is O=C(Nc1cccc(F)n1)c1ccnc(Br)c1. The van der Waals surface area contributed by atoms with E-state index in [9.17, 15) is 9.18 Å². The molecule has 2 aromatic heterocycles. The molecule has 0 unspecified atom stereocenters. The smallest absolute Gasteiger partial charge is 0.256 e. The molecule has 6 heteroatoms. The summed E-state index contributed by atoms with van der Waals surface area (Å²) in [5, 5.41) is 2.49. The Morgan fingerprint density at radius 1 is 1.35 bits per heavy atom. The van der Waals surface area contributed by atoms with Gasteiger partial charge < -0.3 is 5.32 Å². The van der Waals surface area contributed by atoms with Crippen molar-refractivity contribution < 1.29 is 9.18 Å². The molecule has 0 radical (unpaired) electrons. The van der Waals surface area contributed by atoms with Gasteiger partial charge in [-0.2, -0.15) is 4.39 Å². The van der Waals surface area contributed by atoms with E-state index in [1.165, 1.54) is 24.4 Å². The average molecular weight is 296 g/mol. The third-order valence-corrected chi connectivity index (χ3v) is 2.38. The van der Waals surface area contributed by atoms with Crippen LogP contribution in [0.3, 0.4) is 0 Å². The molecule has 2 aromatic rings. The quantitative estimate of drug-likeness (QED) is 0.867. The molecule has 0 atom stereocenters. The molecule has 0 saturated carbocycles. The van der Waals surface area contributed by atoms with Gasteiger partial charge in [0, 0.05) is 11.8 Å². The Kier molecular flexibility index (Phi) is 3.43. The van der Waals surface area contributed by atoms with Gasteiger partial charge in [-0.3, -0.25) is 4.79 Å². The molecule has 0 aliphatic heterocycles. The minimum absolute atomic E-state index is 0.169. The summed E-state index contributed by atoms with van der Waals surface area (Å²) in [5.41, 5.74) is 0.415. The van der Waals surface area contributed by atoms with Crippen LogP contribution in [0, 0.1) is 5.95 Å². The summed E-state index contributed by atoms with van der Waals surface area (Å²) < 4.78 is 13.4. The molecule has 17 heavy (non-hydrogen) atoms. The van der Waals surface area contributed by atoms with Crippen LogP contribution in [0.1, 0.15) is 10.4 Å². The zero-order chi connectivity index (χ0) is 12.3. The molecule has 1 N–H and O–H groups in total. The van der Waals surface area contributed by atoms with E-state index in [0.29, 0.717) is 10.2 Å². The van der Waals surface area contributed by atoms with Crippen molar-refractivity contribution in [1.82, 2.24) is 9.97 Å². The molecule has 0 bridgehead atoms. The number of carbonyl (C=O) groups excluding carboxylic acids is 1. The average Bonchev–Trinajstić information content (AvgIpc) is 2.29. The lowest BCUT2D eigenvalue weighted by Gasteiger charge is -2.04. The standard InChI is InChI=1S/C11H7BrFN3O/c12-8-6-7(4-5-14-8)11(17)16-10-3-1-2-9(13)15-10/h1-6H,(H,15,16,17). The molecule has 86 valence electrons. The number of nitrogens with zero attached hydrogens (tertiary/aromatic N) is 2. The van der Waals surface area contributed by atoms with Crippen LogP contribution < -0.4 is 5.32 Å². The molecule has 0 fully saturated rings. The first kappa shape index (κ1) is 11.7. The molecular weight excluding hydrogens is 289 g/mol. The summed E-state index contributed by atoms with van der Waals surface area (Å²) in [4.78, 5) is 19.2. The first-order valence-electron chi connectivity index (χ1n) is 4.70. The van der Waals surface area contributed by atoms with Crippen molar-refractivity contribution in [3.8, 4) is 0 Å². The van der Waals surface area contributed by atoms with Crippen molar-refractivity contribution in [1.29, 1.82) is 0 Å². The van der Waals surface area contributed by atoms with Crippen LogP contribution in [0.4, 0.5) is 10.2 Å². The number of rotatable bonds is 2. The van der Waals surface area contributed by atoms with Gasteiger partial charge in [0.1, 0.15) is 10.4 Å². The highest BCUT2D eigenvalue weighted by Gasteiger charge is 2.07. The van der Waals surface area contributed by atoms with Crippen LogP contribution in [-0.4, -0.2) is 15.9 Å². The number of pyridine rings is 2. The third kappa shape index (κ3) is 3.07. The zero-order valence-corrected chi connectivity index (χ0v) is 10.1. The highest BCUT2D eigenvalue weighted by molar-refractivity contribution is 9.10. The van der Waals surface area contributed by atoms with Gasteiger partial charge in [-0.15, -0.1) is 0 Å². The maximum Gasteiger partial charge on any atom is 0.256 e. The number of anilines is 1. The fourth-order valence-corrected chi connectivity index (χ4v) is 1.57. The first-order valence-corrected chi connectivity index (χ1v) is 5.50. The van der Waals surface area contributed by atoms with E-state index in [1.807, 2.05) is 0 Å². The van der Waals surface area contributed by atoms with Crippen LogP contribution in [0.25, 0.3) is 0 Å². The van der Waals surface area contributed by atoms with Crippen LogP contribution in [-0.2, 0) is 0 Å². The van der Waals surface area contributed by atoms with Gasteiger partial charge in [0.15, 0.2) is 0 Å². The van der Waals surface area contributed by atoms with Crippen molar-refractivity contribution in [2.24, 2.45) is 0 Å². The largest absolute Gasteiger partial charge is 0.306 e. The molecule has 4 nitrogen and oxygen atoms in total. The number of carbonyl (C=O) groups is 1. The topological polar surface area (TPSA) is 54.9 Å². The van der Waals surface area contributed by atoms with Gasteiger partial charge in [-0.05, 0) is 40.2 Å². The predicted molar refractivity (Wildman–Crippen MR) is 64.1 cm³/mol. The lowest BCUT2D eigenvalue weighted by Crippen LogP contribution is -2.13. The lowest BCUT2D eigenvalue weighted by atomic mass is 10.2. The van der Waals surface area contributed by atoms with E-state index in [4.69, 9.17) is 0 Å². The second-order valence-corrected chi connectivity index (χ2v) is 3.98. The molecular formula is C11H7BrFN3O. The monoisotopic (exact) mass is 295 g/mol. The van der Waals surface area contributed by atoms with E-state index in [2.05, 4.69) is 31.2 Å². The minimum Gasteiger partial charge on any atom is -0.306 e.